The van der Waals surface area contributed by atoms with Gasteiger partial charge < -0.3 is 15.5 Å². The van der Waals surface area contributed by atoms with E-state index < -0.39 is 0 Å². The molecular weight excluding hydrogens is 370 g/mol. The number of nitrogens with zero attached hydrogens (tertiary/aromatic N) is 3. The Morgan fingerprint density at radius 1 is 1.30 bits per heavy atom. The Kier molecular flexibility index (Phi) is 8.04. The van der Waals surface area contributed by atoms with Crippen molar-refractivity contribution in [1.82, 2.24) is 9.88 Å². The van der Waals surface area contributed by atoms with Gasteiger partial charge in [0.25, 0.3) is 0 Å². The molecule has 1 aromatic heterocycles. The summed E-state index contributed by atoms with van der Waals surface area (Å²) >= 11 is 0. The zero-order valence-electron chi connectivity index (χ0n) is 19.5. The summed E-state index contributed by atoms with van der Waals surface area (Å²) in [5.74, 6) is 2.30. The summed E-state index contributed by atoms with van der Waals surface area (Å²) < 4.78 is 0. The Morgan fingerprint density at radius 2 is 2.03 bits per heavy atom. The monoisotopic (exact) mass is 407 g/mol. The molecule has 5 nitrogen and oxygen atoms in total. The number of hydrogen-bond donors (Lipinski definition) is 2. The van der Waals surface area contributed by atoms with Crippen LogP contribution in [0.5, 0.6) is 0 Å². The van der Waals surface area contributed by atoms with E-state index in [9.17, 15) is 0 Å². The van der Waals surface area contributed by atoms with Gasteiger partial charge in [0, 0.05) is 35.7 Å². The van der Waals surface area contributed by atoms with Crippen LogP contribution < -0.4 is 10.6 Å². The molecule has 0 atom stereocenters. The number of hydrogen-bond acceptors (Lipinski definition) is 4. The maximum atomic E-state index is 4.89. The molecule has 0 bridgehead atoms. The third-order valence-corrected chi connectivity index (χ3v) is 4.75. The molecule has 30 heavy (non-hydrogen) atoms. The minimum atomic E-state index is -0.132. The van der Waals surface area contributed by atoms with E-state index in [-0.39, 0.29) is 5.54 Å². The van der Waals surface area contributed by atoms with E-state index in [0.29, 0.717) is 0 Å². The second-order valence-electron chi connectivity index (χ2n) is 8.66. The van der Waals surface area contributed by atoms with Crippen LogP contribution in [0.15, 0.2) is 48.3 Å². The van der Waals surface area contributed by atoms with Gasteiger partial charge in [-0.3, -0.25) is 0 Å². The first kappa shape index (κ1) is 23.5. The Morgan fingerprint density at radius 3 is 2.63 bits per heavy atom. The number of fused-ring (bicyclic) bond motifs is 1. The third-order valence-electron chi connectivity index (χ3n) is 4.75. The summed E-state index contributed by atoms with van der Waals surface area (Å²) in [4.78, 5) is 11.4. The maximum absolute atomic E-state index is 4.89. The zero-order valence-corrected chi connectivity index (χ0v) is 19.5. The van der Waals surface area contributed by atoms with Crippen molar-refractivity contribution in [3.63, 3.8) is 0 Å². The number of rotatable bonds is 8. The predicted molar refractivity (Wildman–Crippen MR) is 133 cm³/mol. The second kappa shape index (κ2) is 10.3. The highest BCUT2D eigenvalue weighted by atomic mass is 15.2. The fourth-order valence-electron chi connectivity index (χ4n) is 3.31. The Labute approximate surface area is 182 Å². The molecule has 2 N–H and O–H groups in total. The lowest BCUT2D eigenvalue weighted by atomic mass is 10.0. The van der Waals surface area contributed by atoms with Crippen LogP contribution in [0.4, 0.5) is 11.6 Å². The lowest BCUT2D eigenvalue weighted by Crippen LogP contribution is -2.29. The van der Waals surface area contributed by atoms with Gasteiger partial charge in [0.2, 0.25) is 0 Å². The van der Waals surface area contributed by atoms with Crippen molar-refractivity contribution in [2.45, 2.75) is 66.3 Å². The molecule has 0 fully saturated rings. The van der Waals surface area contributed by atoms with Gasteiger partial charge in [0.1, 0.15) is 17.5 Å². The summed E-state index contributed by atoms with van der Waals surface area (Å²) in [7, 11) is 0. The van der Waals surface area contributed by atoms with Crippen molar-refractivity contribution in [2.24, 2.45) is 4.99 Å². The summed E-state index contributed by atoms with van der Waals surface area (Å²) in [6.45, 7) is 21.8. The average molecular weight is 408 g/mol. The third kappa shape index (κ3) is 6.34. The quantitative estimate of drug-likeness (QED) is 0.374. The summed E-state index contributed by atoms with van der Waals surface area (Å²) in [6, 6.07) is 2.05. The highest BCUT2D eigenvalue weighted by molar-refractivity contribution is 6.04. The molecular formula is C25H37N5. The van der Waals surface area contributed by atoms with E-state index in [0.717, 1.165) is 47.3 Å². The lowest BCUT2D eigenvalue weighted by Gasteiger charge is -2.31. The molecule has 0 unspecified atom stereocenters. The van der Waals surface area contributed by atoms with Crippen molar-refractivity contribution in [3.8, 4) is 0 Å². The molecule has 1 aromatic rings. The van der Waals surface area contributed by atoms with E-state index in [1.54, 1.807) is 6.20 Å². The Hall–Kier alpha value is -2.82. The number of aromatic nitrogens is 1. The van der Waals surface area contributed by atoms with E-state index in [2.05, 4.69) is 93.6 Å². The van der Waals surface area contributed by atoms with E-state index in [1.807, 2.05) is 6.07 Å². The topological polar surface area (TPSA) is 52.6 Å². The smallest absolute Gasteiger partial charge is 0.138 e. The molecule has 5 heteroatoms. The number of anilines is 2. The van der Waals surface area contributed by atoms with Crippen molar-refractivity contribution >= 4 is 29.2 Å². The van der Waals surface area contributed by atoms with Crippen LogP contribution in [-0.2, 0) is 0 Å². The van der Waals surface area contributed by atoms with Gasteiger partial charge in [-0.1, -0.05) is 32.1 Å². The maximum Gasteiger partial charge on any atom is 0.138 e. The molecule has 0 radical (unpaired) electrons. The molecule has 0 spiro atoms. The second-order valence-corrected chi connectivity index (χ2v) is 8.66. The van der Waals surface area contributed by atoms with Crippen LogP contribution in [0, 0.1) is 0 Å². The van der Waals surface area contributed by atoms with Gasteiger partial charge >= 0.3 is 0 Å². The fraction of sp³-hybridized carbons (Fsp3) is 0.440. The Bertz CT molecular complexity index is 868. The molecule has 2 rings (SSSR count). The molecule has 1 aliphatic heterocycles. The largest absolute Gasteiger partial charge is 0.365 e. The van der Waals surface area contributed by atoms with Crippen LogP contribution in [0.1, 0.15) is 71.9 Å². The van der Waals surface area contributed by atoms with Crippen LogP contribution in [-0.4, -0.2) is 27.8 Å². The summed E-state index contributed by atoms with van der Waals surface area (Å²) in [5, 5.41) is 6.93. The van der Waals surface area contributed by atoms with E-state index in [4.69, 9.17) is 4.98 Å². The van der Waals surface area contributed by atoms with E-state index in [1.165, 1.54) is 18.4 Å². The van der Waals surface area contributed by atoms with Crippen molar-refractivity contribution in [1.29, 1.82) is 0 Å². The van der Waals surface area contributed by atoms with Crippen LogP contribution in [0.2, 0.25) is 0 Å². The van der Waals surface area contributed by atoms with Crippen LogP contribution in [0.25, 0.3) is 11.8 Å². The highest BCUT2D eigenvalue weighted by Gasteiger charge is 2.23. The first-order valence-electron chi connectivity index (χ1n) is 10.8. The number of aliphatic imine (C=N–C) groups is 1. The van der Waals surface area contributed by atoms with Gasteiger partial charge in [0.05, 0.1) is 0 Å². The summed E-state index contributed by atoms with van der Waals surface area (Å²) in [6.07, 6.45) is 11.2. The number of unbranched alkanes of at least 4 members (excludes halogenated alkanes) is 1. The molecule has 0 saturated heterocycles. The van der Waals surface area contributed by atoms with Crippen molar-refractivity contribution in [3.05, 3.63) is 54.4 Å². The molecule has 0 amide bonds. The number of nitrogens with one attached hydrogen (secondary N) is 2. The number of amidine groups is 1. The highest BCUT2D eigenvalue weighted by Crippen LogP contribution is 2.35. The van der Waals surface area contributed by atoms with Gasteiger partial charge in [-0.25, -0.2) is 9.98 Å². The number of pyridine rings is 1. The van der Waals surface area contributed by atoms with Gasteiger partial charge in [0.15, 0.2) is 0 Å². The molecule has 0 saturated carbocycles. The Balaban J connectivity index is 2.46. The van der Waals surface area contributed by atoms with Gasteiger partial charge in [-0.15, -0.1) is 0 Å². The lowest BCUT2D eigenvalue weighted by molar-refractivity contribution is 0.562. The molecule has 0 aliphatic carbocycles. The van der Waals surface area contributed by atoms with Gasteiger partial charge in [-0.05, 0) is 71.2 Å². The average Bonchev–Trinajstić information content (AvgIpc) is 2.65. The van der Waals surface area contributed by atoms with E-state index >= 15 is 0 Å². The zero-order chi connectivity index (χ0) is 22.3. The summed E-state index contributed by atoms with van der Waals surface area (Å²) in [5.41, 5.74) is 4.22. The standard InChI is InChI=1S/C25H37N5/c1-9-12-13-18(4)16-21(26-10-2)27-22-17-20-14-15-30(11-3)19(5)23(20)24(28-22)29-25(6,7)8/h10,14-17H,2,5,9,11-13H2,1,3-4,6-8H3,(H2,26,27,28,29)/b18-16+. The van der Waals surface area contributed by atoms with Crippen LogP contribution in [0.3, 0.4) is 0 Å². The number of allylic oxidation sites excluding steroid dienone is 1. The first-order chi connectivity index (χ1) is 14.2. The predicted octanol–water partition coefficient (Wildman–Crippen LogP) is 6.66. The molecule has 0 aromatic carbocycles. The fourth-order valence-corrected chi connectivity index (χ4v) is 3.31. The van der Waals surface area contributed by atoms with Crippen molar-refractivity contribution < 1.29 is 0 Å². The van der Waals surface area contributed by atoms with Crippen molar-refractivity contribution in [2.75, 3.05) is 17.2 Å². The SMILES string of the molecule is C=CN=C(/C=C(\C)CCCC)Nc1cc2c(c(NC(C)(C)C)n1)C(=C)N(CC)C=C2. The molecule has 1 aliphatic rings. The van der Waals surface area contributed by atoms with Crippen LogP contribution >= 0.6 is 0 Å². The minimum Gasteiger partial charge on any atom is -0.365 e. The molecule has 162 valence electrons. The molecule has 2 heterocycles. The minimum absolute atomic E-state index is 0.132. The van der Waals surface area contributed by atoms with Gasteiger partial charge in [-0.2, -0.15) is 0 Å². The first-order valence-corrected chi connectivity index (χ1v) is 10.8. The normalized spacial score (nSPS) is 14.6.